The van der Waals surface area contributed by atoms with Crippen LogP contribution in [0.5, 0.6) is 0 Å². The number of carbonyl (C=O) groups excluding carboxylic acids is 2. The number of carbonyl (C=O) groups is 2. The highest BCUT2D eigenvalue weighted by atomic mass is 16.6. The quantitative estimate of drug-likeness (QED) is 0.798. The van der Waals surface area contributed by atoms with Crippen LogP contribution in [0.15, 0.2) is 24.3 Å². The van der Waals surface area contributed by atoms with E-state index in [1.54, 1.807) is 4.90 Å². The van der Waals surface area contributed by atoms with Crippen LogP contribution in [0.3, 0.4) is 0 Å². The Morgan fingerprint density at radius 1 is 1.13 bits per heavy atom. The molecule has 2 heterocycles. The van der Waals surface area contributed by atoms with Gasteiger partial charge < -0.3 is 19.7 Å². The van der Waals surface area contributed by atoms with Crippen LogP contribution >= 0.6 is 0 Å². The van der Waals surface area contributed by atoms with Crippen molar-refractivity contribution in [2.45, 2.75) is 52.3 Å². The molecule has 2 aliphatic heterocycles. The number of nitrogens with zero attached hydrogens (tertiary/aromatic N) is 2. The van der Waals surface area contributed by atoms with E-state index in [0.29, 0.717) is 19.6 Å². The second kappa shape index (κ2) is 10.3. The summed E-state index contributed by atoms with van der Waals surface area (Å²) in [7, 11) is 0. The van der Waals surface area contributed by atoms with E-state index in [0.717, 1.165) is 51.3 Å². The number of hydrogen-bond acceptors (Lipinski definition) is 5. The van der Waals surface area contributed by atoms with Crippen molar-refractivity contribution in [2.75, 3.05) is 39.4 Å². The highest BCUT2D eigenvalue weighted by Gasteiger charge is 2.31. The Kier molecular flexibility index (Phi) is 7.72. The molecule has 3 rings (SSSR count). The average Bonchev–Trinajstić information content (AvgIpc) is 2.72. The number of hydrogen-bond donors (Lipinski definition) is 1. The van der Waals surface area contributed by atoms with Gasteiger partial charge in [0.1, 0.15) is 5.60 Å². The number of rotatable bonds is 5. The van der Waals surface area contributed by atoms with Crippen LogP contribution in [0.2, 0.25) is 0 Å². The number of nitrogens with one attached hydrogen (secondary N) is 1. The van der Waals surface area contributed by atoms with Gasteiger partial charge in [0.25, 0.3) is 0 Å². The van der Waals surface area contributed by atoms with E-state index >= 15 is 0 Å². The Bertz CT molecular complexity index is 725. The maximum atomic E-state index is 12.8. The van der Waals surface area contributed by atoms with Gasteiger partial charge in [0, 0.05) is 39.3 Å². The number of ether oxygens (including phenoxy) is 2. The van der Waals surface area contributed by atoms with Crippen molar-refractivity contribution in [3.8, 4) is 0 Å². The Morgan fingerprint density at radius 3 is 2.53 bits per heavy atom. The van der Waals surface area contributed by atoms with Gasteiger partial charge in [-0.05, 0) is 44.7 Å². The predicted molar refractivity (Wildman–Crippen MR) is 115 cm³/mol. The molecule has 1 aromatic rings. The van der Waals surface area contributed by atoms with Gasteiger partial charge in [-0.3, -0.25) is 9.69 Å². The SMILES string of the molecule is CC(C)(C)OC(=O)N1CCCC(C(=O)NCc2ccccc2CN2CCOCC2)C1. The second-order valence-corrected chi connectivity index (χ2v) is 9.14. The maximum absolute atomic E-state index is 12.8. The van der Waals surface area contributed by atoms with Crippen molar-refractivity contribution in [3.05, 3.63) is 35.4 Å². The van der Waals surface area contributed by atoms with Crippen LogP contribution in [0.1, 0.15) is 44.7 Å². The molecular weight excluding hydrogens is 382 g/mol. The minimum absolute atomic E-state index is 0.00411. The Balaban J connectivity index is 1.53. The summed E-state index contributed by atoms with van der Waals surface area (Å²) < 4.78 is 10.9. The standard InChI is InChI=1S/C23H35N3O4/c1-23(2,3)30-22(28)26-10-6-9-20(17-26)21(27)24-15-18-7-4-5-8-19(18)16-25-11-13-29-14-12-25/h4-5,7-8,20H,6,9-17H2,1-3H3,(H,24,27). The summed E-state index contributed by atoms with van der Waals surface area (Å²) in [5.74, 6) is -0.192. The fraction of sp³-hybridized carbons (Fsp3) is 0.652. The van der Waals surface area contributed by atoms with Gasteiger partial charge in [-0.2, -0.15) is 0 Å². The minimum atomic E-state index is -0.531. The predicted octanol–water partition coefficient (Wildman–Crippen LogP) is 2.78. The molecule has 7 heteroatoms. The zero-order valence-electron chi connectivity index (χ0n) is 18.5. The molecule has 0 bridgehead atoms. The van der Waals surface area contributed by atoms with Crippen molar-refractivity contribution in [1.29, 1.82) is 0 Å². The molecule has 30 heavy (non-hydrogen) atoms. The van der Waals surface area contributed by atoms with Crippen molar-refractivity contribution >= 4 is 12.0 Å². The van der Waals surface area contributed by atoms with Gasteiger partial charge in [-0.25, -0.2) is 4.79 Å². The summed E-state index contributed by atoms with van der Waals surface area (Å²) in [6.45, 7) is 11.4. The lowest BCUT2D eigenvalue weighted by Crippen LogP contribution is -2.47. The lowest BCUT2D eigenvalue weighted by atomic mass is 9.97. The molecule has 2 fully saturated rings. The number of morpholine rings is 1. The summed E-state index contributed by atoms with van der Waals surface area (Å²) in [4.78, 5) is 29.2. The summed E-state index contributed by atoms with van der Waals surface area (Å²) in [6.07, 6.45) is 1.27. The van der Waals surface area contributed by atoms with E-state index in [-0.39, 0.29) is 17.9 Å². The van der Waals surface area contributed by atoms with E-state index in [4.69, 9.17) is 9.47 Å². The monoisotopic (exact) mass is 417 g/mol. The zero-order chi connectivity index (χ0) is 21.6. The first kappa shape index (κ1) is 22.6. The number of piperidine rings is 1. The topological polar surface area (TPSA) is 71.1 Å². The van der Waals surface area contributed by atoms with Crippen LogP contribution < -0.4 is 5.32 Å². The molecule has 0 spiro atoms. The normalized spacial score (nSPS) is 20.6. The van der Waals surface area contributed by atoms with Crippen molar-refractivity contribution in [3.63, 3.8) is 0 Å². The summed E-state index contributed by atoms with van der Waals surface area (Å²) in [5, 5.41) is 3.09. The van der Waals surface area contributed by atoms with E-state index in [2.05, 4.69) is 22.3 Å². The lowest BCUT2D eigenvalue weighted by Gasteiger charge is -2.33. The minimum Gasteiger partial charge on any atom is -0.444 e. The molecule has 1 unspecified atom stereocenters. The fourth-order valence-electron chi connectivity index (χ4n) is 3.89. The van der Waals surface area contributed by atoms with Gasteiger partial charge in [0.2, 0.25) is 5.91 Å². The summed E-state index contributed by atoms with van der Waals surface area (Å²) in [6, 6.07) is 8.25. The molecule has 0 aliphatic carbocycles. The molecule has 0 saturated carbocycles. The maximum Gasteiger partial charge on any atom is 0.410 e. The lowest BCUT2D eigenvalue weighted by molar-refractivity contribution is -0.126. The number of benzene rings is 1. The number of amides is 2. The molecule has 0 radical (unpaired) electrons. The molecule has 1 aromatic carbocycles. The van der Waals surface area contributed by atoms with E-state index in [9.17, 15) is 9.59 Å². The summed E-state index contributed by atoms with van der Waals surface area (Å²) >= 11 is 0. The number of likely N-dealkylation sites (tertiary alicyclic amines) is 1. The van der Waals surface area contributed by atoms with Crippen LogP contribution in [0.4, 0.5) is 4.79 Å². The average molecular weight is 418 g/mol. The van der Waals surface area contributed by atoms with Gasteiger partial charge in [-0.15, -0.1) is 0 Å². The first-order chi connectivity index (χ1) is 14.3. The third-order valence-electron chi connectivity index (χ3n) is 5.51. The zero-order valence-corrected chi connectivity index (χ0v) is 18.5. The fourth-order valence-corrected chi connectivity index (χ4v) is 3.89. The van der Waals surface area contributed by atoms with Crippen LogP contribution in [0, 0.1) is 5.92 Å². The molecule has 7 nitrogen and oxygen atoms in total. The molecule has 166 valence electrons. The van der Waals surface area contributed by atoms with E-state index in [1.165, 1.54) is 5.56 Å². The van der Waals surface area contributed by atoms with E-state index < -0.39 is 5.60 Å². The molecule has 1 N–H and O–H groups in total. The van der Waals surface area contributed by atoms with Gasteiger partial charge in [-0.1, -0.05) is 24.3 Å². The third-order valence-corrected chi connectivity index (χ3v) is 5.51. The highest BCUT2D eigenvalue weighted by molar-refractivity contribution is 5.80. The summed E-state index contributed by atoms with van der Waals surface area (Å²) in [5.41, 5.74) is 1.84. The third kappa shape index (κ3) is 6.71. The molecule has 0 aromatic heterocycles. The van der Waals surface area contributed by atoms with Crippen molar-refractivity contribution in [1.82, 2.24) is 15.1 Å². The molecule has 2 amide bonds. The Hall–Kier alpha value is -2.12. The van der Waals surface area contributed by atoms with Crippen LogP contribution in [-0.4, -0.2) is 66.8 Å². The highest BCUT2D eigenvalue weighted by Crippen LogP contribution is 2.20. The largest absolute Gasteiger partial charge is 0.444 e. The Labute approximate surface area is 179 Å². The molecule has 1 atom stereocenters. The first-order valence-electron chi connectivity index (χ1n) is 10.9. The van der Waals surface area contributed by atoms with Crippen LogP contribution in [0.25, 0.3) is 0 Å². The van der Waals surface area contributed by atoms with Gasteiger partial charge >= 0.3 is 6.09 Å². The smallest absolute Gasteiger partial charge is 0.410 e. The van der Waals surface area contributed by atoms with E-state index in [1.807, 2.05) is 32.9 Å². The van der Waals surface area contributed by atoms with Crippen LogP contribution in [-0.2, 0) is 27.4 Å². The van der Waals surface area contributed by atoms with Gasteiger partial charge in [0.05, 0.1) is 19.1 Å². The molecule has 2 aliphatic rings. The van der Waals surface area contributed by atoms with Gasteiger partial charge in [0.15, 0.2) is 0 Å². The van der Waals surface area contributed by atoms with Crippen molar-refractivity contribution < 1.29 is 19.1 Å². The molecule has 2 saturated heterocycles. The molecular formula is C23H35N3O4. The van der Waals surface area contributed by atoms with Crippen molar-refractivity contribution in [2.24, 2.45) is 5.92 Å². The Morgan fingerprint density at radius 2 is 1.83 bits per heavy atom. The second-order valence-electron chi connectivity index (χ2n) is 9.14. The first-order valence-corrected chi connectivity index (χ1v) is 10.9.